The quantitative estimate of drug-likeness (QED) is 0.495. The number of sulfonamides is 1. The molecule has 2 aromatic rings. The van der Waals surface area contributed by atoms with Crippen LogP contribution in [-0.4, -0.2) is 51.3 Å². The highest BCUT2D eigenvalue weighted by atomic mass is 32.2. The Hall–Kier alpha value is -2.71. The van der Waals surface area contributed by atoms with Gasteiger partial charge in [-0.15, -0.1) is 0 Å². The average molecular weight is 405 g/mol. The van der Waals surface area contributed by atoms with Gasteiger partial charge in [-0.25, -0.2) is 8.42 Å². The van der Waals surface area contributed by atoms with Crippen LogP contribution in [0.4, 0.5) is 0 Å². The van der Waals surface area contributed by atoms with Crippen molar-refractivity contribution in [1.29, 1.82) is 0 Å². The number of aryl methyl sites for hydroxylation is 1. The Bertz CT molecular complexity index is 936. The monoisotopic (exact) mass is 405 g/mol. The number of likely N-dealkylation sites (N-methyl/N-ethyl adjacent to an activating group) is 1. The molecule has 0 bridgehead atoms. The van der Waals surface area contributed by atoms with Gasteiger partial charge >= 0.3 is 5.97 Å². The van der Waals surface area contributed by atoms with E-state index in [0.29, 0.717) is 11.3 Å². The Morgan fingerprint density at radius 1 is 1.04 bits per heavy atom. The van der Waals surface area contributed by atoms with E-state index in [1.54, 1.807) is 36.4 Å². The summed E-state index contributed by atoms with van der Waals surface area (Å²) in [6.45, 7) is 2.79. The number of benzene rings is 2. The fourth-order valence-electron chi connectivity index (χ4n) is 2.43. The summed E-state index contributed by atoms with van der Waals surface area (Å²) in [6, 6.07) is 12.7. The smallest absolute Gasteiger partial charge is 0.322 e. The number of ether oxygens (including phenoxy) is 2. The zero-order chi connectivity index (χ0) is 20.9. The van der Waals surface area contributed by atoms with Crippen LogP contribution >= 0.6 is 0 Å². The third-order valence-electron chi connectivity index (χ3n) is 4.13. The van der Waals surface area contributed by atoms with Crippen molar-refractivity contribution >= 4 is 21.8 Å². The first-order chi connectivity index (χ1) is 13.1. The highest BCUT2D eigenvalue weighted by molar-refractivity contribution is 7.89. The van der Waals surface area contributed by atoms with Crippen LogP contribution in [0.2, 0.25) is 0 Å². The number of hydrogen-bond acceptors (Lipinski definition) is 6. The number of ketones is 1. The van der Waals surface area contributed by atoms with Gasteiger partial charge < -0.3 is 9.47 Å². The van der Waals surface area contributed by atoms with Crippen molar-refractivity contribution in [2.75, 3.05) is 20.7 Å². The molecule has 8 heteroatoms. The molecule has 2 rings (SSSR count). The van der Waals surface area contributed by atoms with Crippen LogP contribution in [0.3, 0.4) is 0 Å². The maximum absolute atomic E-state index is 12.5. The predicted molar refractivity (Wildman–Crippen MR) is 104 cm³/mol. The van der Waals surface area contributed by atoms with Crippen molar-refractivity contribution in [2.45, 2.75) is 24.8 Å². The minimum Gasteiger partial charge on any atom is -0.497 e. The number of carbonyl (C=O) groups is 2. The lowest BCUT2D eigenvalue weighted by Gasteiger charge is -2.18. The van der Waals surface area contributed by atoms with E-state index in [2.05, 4.69) is 0 Å². The van der Waals surface area contributed by atoms with Crippen molar-refractivity contribution in [3.05, 3.63) is 59.7 Å². The highest BCUT2D eigenvalue weighted by Crippen LogP contribution is 2.16. The second-order valence-electron chi connectivity index (χ2n) is 6.30. The molecule has 0 aliphatic carbocycles. The van der Waals surface area contributed by atoms with Gasteiger partial charge in [0.2, 0.25) is 15.8 Å². The summed E-state index contributed by atoms with van der Waals surface area (Å²) >= 11 is 0. The molecule has 0 aliphatic rings. The van der Waals surface area contributed by atoms with Gasteiger partial charge in [0.15, 0.2) is 6.10 Å². The van der Waals surface area contributed by atoms with Crippen LogP contribution in [0.5, 0.6) is 5.75 Å². The van der Waals surface area contributed by atoms with Gasteiger partial charge in [0.1, 0.15) is 12.3 Å². The van der Waals surface area contributed by atoms with Crippen molar-refractivity contribution in [3.63, 3.8) is 0 Å². The molecule has 0 N–H and O–H groups in total. The topological polar surface area (TPSA) is 90.0 Å². The Labute approximate surface area is 164 Å². The summed E-state index contributed by atoms with van der Waals surface area (Å²) in [5, 5.41) is 0. The normalized spacial score (nSPS) is 12.5. The van der Waals surface area contributed by atoms with Crippen molar-refractivity contribution in [2.24, 2.45) is 0 Å². The van der Waals surface area contributed by atoms with Gasteiger partial charge in [-0.1, -0.05) is 17.7 Å². The van der Waals surface area contributed by atoms with Gasteiger partial charge in [-0.3, -0.25) is 9.59 Å². The number of nitrogens with zero attached hydrogens (tertiary/aromatic N) is 1. The van der Waals surface area contributed by atoms with Crippen LogP contribution in [0.15, 0.2) is 53.4 Å². The molecule has 0 heterocycles. The van der Waals surface area contributed by atoms with E-state index >= 15 is 0 Å². The Balaban J connectivity index is 1.99. The Kier molecular flexibility index (Phi) is 6.93. The van der Waals surface area contributed by atoms with E-state index < -0.39 is 28.6 Å². The zero-order valence-corrected chi connectivity index (χ0v) is 17.0. The first-order valence-corrected chi connectivity index (χ1v) is 10.00. The maximum Gasteiger partial charge on any atom is 0.322 e. The summed E-state index contributed by atoms with van der Waals surface area (Å²) in [4.78, 5) is 24.6. The molecule has 0 spiro atoms. The molecule has 1 atom stereocenters. The zero-order valence-electron chi connectivity index (χ0n) is 16.2. The third kappa shape index (κ3) is 5.17. The molecule has 0 saturated heterocycles. The van der Waals surface area contributed by atoms with Crippen LogP contribution in [0.1, 0.15) is 22.8 Å². The van der Waals surface area contributed by atoms with E-state index in [0.717, 1.165) is 9.87 Å². The van der Waals surface area contributed by atoms with E-state index in [9.17, 15) is 18.0 Å². The predicted octanol–water partition coefficient (Wildman–Crippen LogP) is 2.44. The lowest BCUT2D eigenvalue weighted by Crippen LogP contribution is -2.35. The van der Waals surface area contributed by atoms with Crippen molar-refractivity contribution < 1.29 is 27.5 Å². The highest BCUT2D eigenvalue weighted by Gasteiger charge is 2.26. The molecule has 2 aromatic carbocycles. The molecule has 150 valence electrons. The van der Waals surface area contributed by atoms with Gasteiger partial charge in [0.05, 0.1) is 12.0 Å². The summed E-state index contributed by atoms with van der Waals surface area (Å²) in [7, 11) is -1.03. The molecule has 0 unspecified atom stereocenters. The third-order valence-corrected chi connectivity index (χ3v) is 5.95. The Morgan fingerprint density at radius 2 is 1.61 bits per heavy atom. The summed E-state index contributed by atoms with van der Waals surface area (Å²) in [5.41, 5.74) is 1.29. The lowest BCUT2D eigenvalue weighted by atomic mass is 10.1. The first-order valence-electron chi connectivity index (χ1n) is 8.56. The number of Topliss-reactive ketones (excluding diaryl/α,β-unsaturated/α-hetero) is 1. The minimum absolute atomic E-state index is 0.0794. The van der Waals surface area contributed by atoms with Gasteiger partial charge in [0.25, 0.3) is 0 Å². The van der Waals surface area contributed by atoms with E-state index in [4.69, 9.17) is 9.47 Å². The Morgan fingerprint density at radius 3 is 2.14 bits per heavy atom. The SMILES string of the molecule is COc1ccc(C(=O)[C@H](C)OC(=O)CN(C)S(=O)(=O)c2ccc(C)cc2)cc1. The molecule has 0 saturated carbocycles. The van der Waals surface area contributed by atoms with E-state index in [-0.39, 0.29) is 10.7 Å². The van der Waals surface area contributed by atoms with Crippen LogP contribution in [0.25, 0.3) is 0 Å². The number of carbonyl (C=O) groups excluding carboxylic acids is 2. The molecule has 28 heavy (non-hydrogen) atoms. The van der Waals surface area contributed by atoms with Crippen molar-refractivity contribution in [1.82, 2.24) is 4.31 Å². The summed E-state index contributed by atoms with van der Waals surface area (Å²) < 4.78 is 36.1. The molecule has 7 nitrogen and oxygen atoms in total. The molecular formula is C20H23NO6S. The average Bonchev–Trinajstić information content (AvgIpc) is 2.67. The number of esters is 1. The minimum atomic E-state index is -3.83. The fourth-order valence-corrected chi connectivity index (χ4v) is 3.55. The second-order valence-corrected chi connectivity index (χ2v) is 8.34. The molecule has 0 aliphatic heterocycles. The van der Waals surface area contributed by atoms with E-state index in [1.165, 1.54) is 33.2 Å². The summed E-state index contributed by atoms with van der Waals surface area (Å²) in [5.74, 6) is -0.600. The first kappa shape index (κ1) is 21.6. The largest absolute Gasteiger partial charge is 0.497 e. The molecule has 0 aromatic heterocycles. The number of hydrogen-bond donors (Lipinski definition) is 0. The van der Waals surface area contributed by atoms with Crippen LogP contribution in [-0.2, 0) is 19.6 Å². The van der Waals surface area contributed by atoms with Gasteiger partial charge in [-0.05, 0) is 50.2 Å². The summed E-state index contributed by atoms with van der Waals surface area (Å²) in [6.07, 6.45) is -1.05. The maximum atomic E-state index is 12.5. The number of methoxy groups -OCH3 is 1. The van der Waals surface area contributed by atoms with Crippen LogP contribution < -0.4 is 4.74 Å². The van der Waals surface area contributed by atoms with Gasteiger partial charge in [-0.2, -0.15) is 4.31 Å². The van der Waals surface area contributed by atoms with Gasteiger partial charge in [0, 0.05) is 12.6 Å². The standard InChI is InChI=1S/C20H23NO6S/c1-14-5-11-18(12-6-14)28(24,25)21(3)13-19(22)27-15(2)20(23)16-7-9-17(26-4)10-8-16/h5-12,15H,13H2,1-4H3/t15-/m0/s1. The van der Waals surface area contributed by atoms with Crippen LogP contribution in [0, 0.1) is 6.92 Å². The molecular weight excluding hydrogens is 382 g/mol. The number of rotatable bonds is 8. The lowest BCUT2D eigenvalue weighted by molar-refractivity contribution is -0.146. The molecule has 0 amide bonds. The van der Waals surface area contributed by atoms with Crippen molar-refractivity contribution in [3.8, 4) is 5.75 Å². The molecule has 0 fully saturated rings. The second kappa shape index (κ2) is 8.99. The fraction of sp³-hybridized carbons (Fsp3) is 0.300. The molecule has 0 radical (unpaired) electrons. The van der Waals surface area contributed by atoms with E-state index in [1.807, 2.05) is 6.92 Å².